The number of nitrogens with two attached hydrogens (primary N) is 1. The number of carbonyl (C=O) groups excluding carboxylic acids is 1. The Labute approximate surface area is 92.6 Å². The van der Waals surface area contributed by atoms with Gasteiger partial charge in [-0.15, -0.1) is 0 Å². The molecule has 1 unspecified atom stereocenters. The van der Waals surface area contributed by atoms with Crippen LogP contribution in [0.15, 0.2) is 0 Å². The van der Waals surface area contributed by atoms with Crippen LogP contribution < -0.4 is 11.1 Å². The molecule has 90 valence electrons. The molecule has 15 heavy (non-hydrogen) atoms. The second-order valence-corrected chi connectivity index (χ2v) is 4.03. The highest BCUT2D eigenvalue weighted by atomic mass is 16.5. The van der Waals surface area contributed by atoms with E-state index in [0.717, 1.165) is 19.4 Å². The van der Waals surface area contributed by atoms with E-state index in [1.165, 1.54) is 0 Å². The van der Waals surface area contributed by atoms with Gasteiger partial charge in [-0.3, -0.25) is 4.79 Å². The largest absolute Gasteiger partial charge is 0.380 e. The first-order chi connectivity index (χ1) is 7.09. The Balaban J connectivity index is 3.39. The van der Waals surface area contributed by atoms with Crippen molar-refractivity contribution in [2.45, 2.75) is 39.7 Å². The highest BCUT2D eigenvalue weighted by Gasteiger charge is 2.15. The number of ether oxygens (including phenoxy) is 1. The summed E-state index contributed by atoms with van der Waals surface area (Å²) in [6.45, 7) is 7.86. The number of hydrogen-bond donors (Lipinski definition) is 2. The summed E-state index contributed by atoms with van der Waals surface area (Å²) in [6, 6.07) is -0.416. The van der Waals surface area contributed by atoms with Gasteiger partial charge in [-0.25, -0.2) is 0 Å². The average molecular weight is 216 g/mol. The Bertz CT molecular complexity index is 172. The Kier molecular flexibility index (Phi) is 8.33. The summed E-state index contributed by atoms with van der Waals surface area (Å²) in [4.78, 5) is 11.4. The van der Waals surface area contributed by atoms with Crippen LogP contribution >= 0.6 is 0 Å². The van der Waals surface area contributed by atoms with Gasteiger partial charge < -0.3 is 15.8 Å². The minimum atomic E-state index is -0.416. The van der Waals surface area contributed by atoms with Crippen LogP contribution in [0.1, 0.15) is 33.6 Å². The predicted octanol–water partition coefficient (Wildman–Crippen LogP) is 0.903. The van der Waals surface area contributed by atoms with Crippen LogP contribution in [-0.4, -0.2) is 31.7 Å². The lowest BCUT2D eigenvalue weighted by molar-refractivity contribution is -0.123. The third-order valence-corrected chi connectivity index (χ3v) is 2.21. The molecule has 0 aliphatic carbocycles. The Morgan fingerprint density at radius 3 is 2.60 bits per heavy atom. The number of amides is 1. The summed E-state index contributed by atoms with van der Waals surface area (Å²) < 4.78 is 5.31. The van der Waals surface area contributed by atoms with E-state index in [0.29, 0.717) is 13.2 Å². The van der Waals surface area contributed by atoms with Gasteiger partial charge in [-0.2, -0.15) is 0 Å². The minimum absolute atomic E-state index is 0.0934. The van der Waals surface area contributed by atoms with Gasteiger partial charge in [0.25, 0.3) is 0 Å². The molecule has 0 aromatic heterocycles. The normalized spacial score (nSPS) is 12.9. The molecule has 1 atom stereocenters. The number of unbranched alkanes of at least 4 members (excludes halogenated alkanes) is 1. The van der Waals surface area contributed by atoms with Crippen LogP contribution in [0.4, 0.5) is 0 Å². The van der Waals surface area contributed by atoms with Gasteiger partial charge in [0.15, 0.2) is 0 Å². The van der Waals surface area contributed by atoms with Crippen molar-refractivity contribution < 1.29 is 9.53 Å². The Morgan fingerprint density at radius 2 is 2.07 bits per heavy atom. The predicted molar refractivity (Wildman–Crippen MR) is 61.6 cm³/mol. The maximum Gasteiger partial charge on any atom is 0.237 e. The maximum absolute atomic E-state index is 11.4. The van der Waals surface area contributed by atoms with E-state index in [1.54, 1.807) is 0 Å². The van der Waals surface area contributed by atoms with Gasteiger partial charge in [0, 0.05) is 13.2 Å². The van der Waals surface area contributed by atoms with Crippen molar-refractivity contribution in [3.8, 4) is 0 Å². The van der Waals surface area contributed by atoms with Crippen molar-refractivity contribution in [2.75, 3.05) is 19.8 Å². The van der Waals surface area contributed by atoms with Crippen molar-refractivity contribution >= 4 is 5.91 Å². The standard InChI is InChI=1S/C11H24N2O2/c1-4-5-7-15-8-6-13-11(14)10(12)9(2)3/h9-10H,4-8,12H2,1-3H3,(H,13,14). The third-order valence-electron chi connectivity index (χ3n) is 2.21. The summed E-state index contributed by atoms with van der Waals surface area (Å²) in [5.74, 6) is 0.0788. The lowest BCUT2D eigenvalue weighted by Crippen LogP contribution is -2.44. The minimum Gasteiger partial charge on any atom is -0.380 e. The number of nitrogens with one attached hydrogen (secondary N) is 1. The molecular weight excluding hydrogens is 192 g/mol. The third kappa shape index (κ3) is 7.33. The fourth-order valence-electron chi connectivity index (χ4n) is 1.02. The van der Waals surface area contributed by atoms with Crippen LogP contribution in [0.3, 0.4) is 0 Å². The zero-order chi connectivity index (χ0) is 11.7. The second kappa shape index (κ2) is 8.68. The maximum atomic E-state index is 11.4. The zero-order valence-corrected chi connectivity index (χ0v) is 10.1. The molecule has 0 radical (unpaired) electrons. The topological polar surface area (TPSA) is 64.3 Å². The molecule has 0 saturated heterocycles. The monoisotopic (exact) mass is 216 g/mol. The average Bonchev–Trinajstić information content (AvgIpc) is 2.21. The molecule has 0 spiro atoms. The Morgan fingerprint density at radius 1 is 1.40 bits per heavy atom. The molecule has 0 saturated carbocycles. The van der Waals surface area contributed by atoms with E-state index < -0.39 is 6.04 Å². The lowest BCUT2D eigenvalue weighted by atomic mass is 10.1. The molecule has 0 aliphatic rings. The van der Waals surface area contributed by atoms with Gasteiger partial charge in [0.2, 0.25) is 5.91 Å². The van der Waals surface area contributed by atoms with Crippen LogP contribution in [-0.2, 0) is 9.53 Å². The summed E-state index contributed by atoms with van der Waals surface area (Å²) in [6.07, 6.45) is 2.20. The summed E-state index contributed by atoms with van der Waals surface area (Å²) >= 11 is 0. The number of rotatable bonds is 8. The fourth-order valence-corrected chi connectivity index (χ4v) is 1.02. The molecule has 0 aromatic rings. The first-order valence-electron chi connectivity index (χ1n) is 5.70. The molecule has 0 bridgehead atoms. The van der Waals surface area contributed by atoms with Gasteiger partial charge in [-0.05, 0) is 12.3 Å². The van der Waals surface area contributed by atoms with Crippen LogP contribution in [0.5, 0.6) is 0 Å². The highest BCUT2D eigenvalue weighted by molar-refractivity contribution is 5.81. The first-order valence-corrected chi connectivity index (χ1v) is 5.70. The van der Waals surface area contributed by atoms with E-state index in [-0.39, 0.29) is 11.8 Å². The SMILES string of the molecule is CCCCOCCNC(=O)C(N)C(C)C. The van der Waals surface area contributed by atoms with E-state index >= 15 is 0 Å². The molecule has 4 heteroatoms. The van der Waals surface area contributed by atoms with Gasteiger partial charge >= 0.3 is 0 Å². The molecule has 0 heterocycles. The van der Waals surface area contributed by atoms with E-state index in [9.17, 15) is 4.79 Å². The molecule has 4 nitrogen and oxygen atoms in total. The summed E-state index contributed by atoms with van der Waals surface area (Å²) in [5.41, 5.74) is 5.67. The highest BCUT2D eigenvalue weighted by Crippen LogP contribution is 1.97. The van der Waals surface area contributed by atoms with E-state index in [2.05, 4.69) is 12.2 Å². The molecule has 0 fully saturated rings. The van der Waals surface area contributed by atoms with Crippen LogP contribution in [0, 0.1) is 5.92 Å². The number of hydrogen-bond acceptors (Lipinski definition) is 3. The van der Waals surface area contributed by atoms with Gasteiger partial charge in [0.05, 0.1) is 12.6 Å². The second-order valence-electron chi connectivity index (χ2n) is 4.03. The first kappa shape index (κ1) is 14.4. The molecule has 0 rings (SSSR count). The van der Waals surface area contributed by atoms with E-state index in [1.807, 2.05) is 13.8 Å². The van der Waals surface area contributed by atoms with Gasteiger partial charge in [0.1, 0.15) is 0 Å². The molecule has 1 amide bonds. The summed E-state index contributed by atoms with van der Waals surface area (Å²) in [5, 5.41) is 2.75. The van der Waals surface area contributed by atoms with E-state index in [4.69, 9.17) is 10.5 Å². The zero-order valence-electron chi connectivity index (χ0n) is 10.1. The molecular formula is C11H24N2O2. The van der Waals surface area contributed by atoms with Crippen LogP contribution in [0.25, 0.3) is 0 Å². The number of carbonyl (C=O) groups is 1. The van der Waals surface area contributed by atoms with Crippen molar-refractivity contribution in [1.82, 2.24) is 5.32 Å². The van der Waals surface area contributed by atoms with Crippen molar-refractivity contribution in [3.05, 3.63) is 0 Å². The molecule has 3 N–H and O–H groups in total. The van der Waals surface area contributed by atoms with Crippen molar-refractivity contribution in [3.63, 3.8) is 0 Å². The smallest absolute Gasteiger partial charge is 0.237 e. The molecule has 0 aromatic carbocycles. The van der Waals surface area contributed by atoms with Crippen molar-refractivity contribution in [1.29, 1.82) is 0 Å². The fraction of sp³-hybridized carbons (Fsp3) is 0.909. The van der Waals surface area contributed by atoms with Crippen LogP contribution in [0.2, 0.25) is 0 Å². The molecule has 0 aliphatic heterocycles. The summed E-state index contributed by atoms with van der Waals surface area (Å²) in [7, 11) is 0. The Hall–Kier alpha value is -0.610. The van der Waals surface area contributed by atoms with Gasteiger partial charge in [-0.1, -0.05) is 27.2 Å². The quantitative estimate of drug-likeness (QED) is 0.593. The lowest BCUT2D eigenvalue weighted by Gasteiger charge is -2.15. The van der Waals surface area contributed by atoms with Crippen molar-refractivity contribution in [2.24, 2.45) is 11.7 Å².